The Morgan fingerprint density at radius 2 is 1.68 bits per heavy atom. The van der Waals surface area contributed by atoms with E-state index in [1.54, 1.807) is 0 Å². The number of morpholine rings is 1. The molecule has 0 spiro atoms. The highest BCUT2D eigenvalue weighted by atomic mass is 16.5. The summed E-state index contributed by atoms with van der Waals surface area (Å²) >= 11 is 0. The third-order valence-corrected chi connectivity index (χ3v) is 3.54. The number of nitrogens with zero attached hydrogens (tertiary/aromatic N) is 1. The van der Waals surface area contributed by atoms with Crippen LogP contribution in [0.4, 0.5) is 0 Å². The molecular formula is C17H27NO4. The Bertz CT molecular complexity index is 427. The molecule has 2 rings (SSSR count). The number of aliphatic hydroxyl groups is 1. The van der Waals surface area contributed by atoms with Gasteiger partial charge in [-0.2, -0.15) is 0 Å². The average molecular weight is 309 g/mol. The van der Waals surface area contributed by atoms with Crippen LogP contribution in [0.1, 0.15) is 20.8 Å². The summed E-state index contributed by atoms with van der Waals surface area (Å²) in [4.78, 5) is 2.23. The van der Waals surface area contributed by atoms with Crippen molar-refractivity contribution in [1.29, 1.82) is 0 Å². The van der Waals surface area contributed by atoms with Crippen LogP contribution in [0.15, 0.2) is 24.3 Å². The molecule has 0 saturated carbocycles. The molecule has 1 aliphatic rings. The van der Waals surface area contributed by atoms with E-state index in [0.717, 1.165) is 24.6 Å². The molecule has 5 nitrogen and oxygen atoms in total. The van der Waals surface area contributed by atoms with Gasteiger partial charge in [0.15, 0.2) is 0 Å². The van der Waals surface area contributed by atoms with E-state index < -0.39 is 6.10 Å². The van der Waals surface area contributed by atoms with Crippen molar-refractivity contribution in [3.63, 3.8) is 0 Å². The summed E-state index contributed by atoms with van der Waals surface area (Å²) in [6, 6.07) is 7.46. The van der Waals surface area contributed by atoms with Crippen LogP contribution in [-0.2, 0) is 4.74 Å². The van der Waals surface area contributed by atoms with E-state index in [2.05, 4.69) is 18.7 Å². The Labute approximate surface area is 132 Å². The van der Waals surface area contributed by atoms with E-state index in [0.29, 0.717) is 13.2 Å². The van der Waals surface area contributed by atoms with Gasteiger partial charge in [-0.05, 0) is 45.0 Å². The number of rotatable bonds is 7. The number of hydrogen-bond donors (Lipinski definition) is 1. The predicted octanol–water partition coefficient (Wildman–Crippen LogP) is 1.93. The Kier molecular flexibility index (Phi) is 6.49. The normalized spacial score (nSPS) is 24.0. The van der Waals surface area contributed by atoms with Crippen molar-refractivity contribution in [1.82, 2.24) is 4.90 Å². The third-order valence-electron chi connectivity index (χ3n) is 3.54. The summed E-state index contributed by atoms with van der Waals surface area (Å²) in [6.07, 6.45) is -0.0879. The van der Waals surface area contributed by atoms with Gasteiger partial charge >= 0.3 is 0 Å². The summed E-state index contributed by atoms with van der Waals surface area (Å²) in [5.41, 5.74) is 0. The van der Waals surface area contributed by atoms with Crippen molar-refractivity contribution in [3.05, 3.63) is 24.3 Å². The molecule has 124 valence electrons. The van der Waals surface area contributed by atoms with Gasteiger partial charge < -0.3 is 19.3 Å². The van der Waals surface area contributed by atoms with E-state index in [4.69, 9.17) is 14.2 Å². The zero-order valence-electron chi connectivity index (χ0n) is 13.7. The van der Waals surface area contributed by atoms with E-state index >= 15 is 0 Å². The zero-order valence-corrected chi connectivity index (χ0v) is 13.7. The fourth-order valence-electron chi connectivity index (χ4n) is 2.78. The topological polar surface area (TPSA) is 51.2 Å². The van der Waals surface area contributed by atoms with Gasteiger partial charge in [0.25, 0.3) is 0 Å². The molecule has 5 heteroatoms. The monoisotopic (exact) mass is 309 g/mol. The highest BCUT2D eigenvalue weighted by Crippen LogP contribution is 2.18. The highest BCUT2D eigenvalue weighted by Gasteiger charge is 2.23. The summed E-state index contributed by atoms with van der Waals surface area (Å²) in [7, 11) is 0. The van der Waals surface area contributed by atoms with Gasteiger partial charge in [0, 0.05) is 19.6 Å². The van der Waals surface area contributed by atoms with Crippen LogP contribution in [0.25, 0.3) is 0 Å². The molecule has 1 aromatic rings. The molecular weight excluding hydrogens is 282 g/mol. The van der Waals surface area contributed by atoms with Crippen molar-refractivity contribution in [2.24, 2.45) is 0 Å². The Hall–Kier alpha value is -1.30. The summed E-state index contributed by atoms with van der Waals surface area (Å²) < 4.78 is 16.7. The molecule has 0 aromatic heterocycles. The predicted molar refractivity (Wildman–Crippen MR) is 85.6 cm³/mol. The van der Waals surface area contributed by atoms with Gasteiger partial charge in [0.1, 0.15) is 24.2 Å². The quantitative estimate of drug-likeness (QED) is 0.834. The van der Waals surface area contributed by atoms with Crippen molar-refractivity contribution in [2.75, 3.05) is 32.8 Å². The Morgan fingerprint density at radius 1 is 1.14 bits per heavy atom. The second-order valence-electron chi connectivity index (χ2n) is 5.85. The molecule has 1 saturated heterocycles. The summed E-state index contributed by atoms with van der Waals surface area (Å²) in [5.74, 6) is 1.57. The fourth-order valence-corrected chi connectivity index (χ4v) is 2.78. The lowest BCUT2D eigenvalue weighted by Crippen LogP contribution is -2.48. The maximum Gasteiger partial charge on any atom is 0.119 e. The molecule has 1 heterocycles. The van der Waals surface area contributed by atoms with Crippen molar-refractivity contribution >= 4 is 0 Å². The van der Waals surface area contributed by atoms with Crippen molar-refractivity contribution in [3.8, 4) is 11.5 Å². The van der Waals surface area contributed by atoms with E-state index in [9.17, 15) is 5.11 Å². The minimum atomic E-state index is -0.510. The van der Waals surface area contributed by atoms with Crippen LogP contribution in [0.5, 0.6) is 11.5 Å². The average Bonchev–Trinajstić information content (AvgIpc) is 2.46. The SMILES string of the molecule is CCOc1ccc(OC[C@H](O)CN2C[C@H](C)O[C@@H](C)C2)cc1. The molecule has 22 heavy (non-hydrogen) atoms. The Balaban J connectivity index is 1.73. The van der Waals surface area contributed by atoms with Gasteiger partial charge in [-0.15, -0.1) is 0 Å². The molecule has 0 amide bonds. The maximum absolute atomic E-state index is 10.1. The molecule has 0 bridgehead atoms. The molecule has 3 atom stereocenters. The first-order valence-corrected chi connectivity index (χ1v) is 7.98. The molecule has 1 N–H and O–H groups in total. The zero-order chi connectivity index (χ0) is 15.9. The van der Waals surface area contributed by atoms with Crippen LogP contribution in [0, 0.1) is 0 Å². The lowest BCUT2D eigenvalue weighted by atomic mass is 10.2. The molecule has 1 aromatic carbocycles. The molecule has 0 unspecified atom stereocenters. The fraction of sp³-hybridized carbons (Fsp3) is 0.647. The van der Waals surface area contributed by atoms with E-state index in [-0.39, 0.29) is 18.8 Å². The van der Waals surface area contributed by atoms with Gasteiger partial charge in [0.2, 0.25) is 0 Å². The van der Waals surface area contributed by atoms with Crippen LogP contribution in [-0.4, -0.2) is 61.2 Å². The number of β-amino-alcohol motifs (C(OH)–C–C–N with tert-alkyl or cyclic N) is 1. The van der Waals surface area contributed by atoms with Crippen LogP contribution in [0.2, 0.25) is 0 Å². The lowest BCUT2D eigenvalue weighted by Gasteiger charge is -2.36. The lowest BCUT2D eigenvalue weighted by molar-refractivity contribution is -0.0786. The highest BCUT2D eigenvalue weighted by molar-refractivity contribution is 5.31. The van der Waals surface area contributed by atoms with Crippen LogP contribution >= 0.6 is 0 Å². The minimum absolute atomic E-state index is 0.211. The standard InChI is InChI=1S/C17H27NO4/c1-4-20-16-5-7-17(8-6-16)21-12-15(19)11-18-9-13(2)22-14(3)10-18/h5-8,13-15,19H,4,9-12H2,1-3H3/t13-,14-,15+/m0/s1. The number of ether oxygens (including phenoxy) is 3. The van der Waals surface area contributed by atoms with E-state index in [1.165, 1.54) is 0 Å². The summed E-state index contributed by atoms with van der Waals surface area (Å²) in [5, 5.41) is 10.1. The molecule has 0 radical (unpaired) electrons. The van der Waals surface area contributed by atoms with Gasteiger partial charge in [-0.3, -0.25) is 4.90 Å². The first-order chi connectivity index (χ1) is 10.6. The number of benzene rings is 1. The first-order valence-electron chi connectivity index (χ1n) is 7.98. The Morgan fingerprint density at radius 3 is 2.23 bits per heavy atom. The van der Waals surface area contributed by atoms with Crippen LogP contribution in [0.3, 0.4) is 0 Å². The van der Waals surface area contributed by atoms with Gasteiger partial charge in [-0.1, -0.05) is 0 Å². The third kappa shape index (κ3) is 5.48. The second kappa shape index (κ2) is 8.36. The second-order valence-corrected chi connectivity index (χ2v) is 5.85. The molecule has 1 fully saturated rings. The molecule has 0 aliphatic carbocycles. The number of hydrogen-bond acceptors (Lipinski definition) is 5. The van der Waals surface area contributed by atoms with Gasteiger partial charge in [0.05, 0.1) is 18.8 Å². The largest absolute Gasteiger partial charge is 0.494 e. The minimum Gasteiger partial charge on any atom is -0.494 e. The maximum atomic E-state index is 10.1. The van der Waals surface area contributed by atoms with Crippen molar-refractivity contribution in [2.45, 2.75) is 39.1 Å². The number of aliphatic hydroxyl groups excluding tert-OH is 1. The first kappa shape index (κ1) is 17.1. The molecule has 1 aliphatic heterocycles. The smallest absolute Gasteiger partial charge is 0.119 e. The summed E-state index contributed by atoms with van der Waals surface area (Å²) in [6.45, 7) is 9.32. The van der Waals surface area contributed by atoms with Crippen LogP contribution < -0.4 is 9.47 Å². The van der Waals surface area contributed by atoms with Gasteiger partial charge in [-0.25, -0.2) is 0 Å². The van der Waals surface area contributed by atoms with Crippen molar-refractivity contribution < 1.29 is 19.3 Å². The van der Waals surface area contributed by atoms with E-state index in [1.807, 2.05) is 31.2 Å².